The van der Waals surface area contributed by atoms with E-state index in [1.54, 1.807) is 31.4 Å². The first-order valence-corrected chi connectivity index (χ1v) is 13.4. The molecular weight excluding hydrogens is 484 g/mol. The second-order valence-corrected chi connectivity index (χ2v) is 11.2. The van der Waals surface area contributed by atoms with Gasteiger partial charge < -0.3 is 25.0 Å². The lowest BCUT2D eigenvalue weighted by Crippen LogP contribution is -2.61. The molecule has 2 aliphatic rings. The van der Waals surface area contributed by atoms with Gasteiger partial charge in [0, 0.05) is 30.1 Å². The lowest BCUT2D eigenvalue weighted by molar-refractivity contribution is -0.185. The van der Waals surface area contributed by atoms with Gasteiger partial charge in [-0.15, -0.1) is 0 Å². The van der Waals surface area contributed by atoms with Crippen LogP contribution in [0.5, 0.6) is 5.75 Å². The average molecular weight is 525 g/mol. The minimum atomic E-state index is -0.711. The van der Waals surface area contributed by atoms with Crippen molar-refractivity contribution in [3.63, 3.8) is 0 Å². The second-order valence-electron chi connectivity index (χ2n) is 11.2. The SMILES string of the molecule is COc1cccc(NC(=O)O[C@@H]2CC[C@]3(C)C(CC[C@@H](O)[C@H]3CC(=O)NCc3ccccc3)[C@]2(C)CO)c1. The van der Waals surface area contributed by atoms with Crippen LogP contribution in [0.1, 0.15) is 51.5 Å². The molecule has 2 saturated carbocycles. The van der Waals surface area contributed by atoms with Crippen LogP contribution in [0.15, 0.2) is 54.6 Å². The number of aliphatic hydroxyl groups is 2. The zero-order chi connectivity index (χ0) is 27.3. The van der Waals surface area contributed by atoms with E-state index in [2.05, 4.69) is 17.6 Å². The fraction of sp³-hybridized carbons (Fsp3) is 0.533. The summed E-state index contributed by atoms with van der Waals surface area (Å²) in [6, 6.07) is 16.8. The van der Waals surface area contributed by atoms with Gasteiger partial charge in [-0.3, -0.25) is 10.1 Å². The highest BCUT2D eigenvalue weighted by atomic mass is 16.6. The Morgan fingerprint density at radius 3 is 2.53 bits per heavy atom. The summed E-state index contributed by atoms with van der Waals surface area (Å²) in [5.41, 5.74) is 0.481. The standard InChI is InChI=1S/C30H40N2O6/c1-29-15-14-26(38-28(36)32-21-10-7-11-22(16-21)37-3)30(2,19-33)25(29)13-12-24(34)23(29)17-27(35)31-18-20-8-5-4-6-9-20/h4-11,16,23-26,33-34H,12-15,17-19H2,1-3H3,(H,31,35)(H,32,36)/t23-,24-,25?,26-,29+,30+/m1/s1. The number of rotatable bonds is 8. The van der Waals surface area contributed by atoms with E-state index >= 15 is 0 Å². The van der Waals surface area contributed by atoms with Crippen LogP contribution >= 0.6 is 0 Å². The Morgan fingerprint density at radius 1 is 1.05 bits per heavy atom. The molecule has 6 atom stereocenters. The molecule has 0 radical (unpaired) electrons. The van der Waals surface area contributed by atoms with E-state index in [0.29, 0.717) is 43.7 Å². The van der Waals surface area contributed by atoms with Crippen LogP contribution in [0, 0.1) is 22.7 Å². The molecule has 0 heterocycles. The highest BCUT2D eigenvalue weighted by Crippen LogP contribution is 2.61. The van der Waals surface area contributed by atoms with Crippen LogP contribution in [0.25, 0.3) is 0 Å². The topological polar surface area (TPSA) is 117 Å². The van der Waals surface area contributed by atoms with Gasteiger partial charge in [-0.05, 0) is 60.6 Å². The fourth-order valence-electron chi connectivity index (χ4n) is 6.83. The van der Waals surface area contributed by atoms with Crippen LogP contribution in [-0.2, 0) is 16.1 Å². The first kappa shape index (κ1) is 27.9. The average Bonchev–Trinajstić information content (AvgIpc) is 2.92. The summed E-state index contributed by atoms with van der Waals surface area (Å²) in [6.45, 7) is 4.36. The number of amides is 2. The van der Waals surface area contributed by atoms with Gasteiger partial charge in [0.15, 0.2) is 0 Å². The van der Waals surface area contributed by atoms with Crippen molar-refractivity contribution in [2.75, 3.05) is 19.0 Å². The highest BCUT2D eigenvalue weighted by molar-refractivity contribution is 5.85. The molecule has 2 amide bonds. The lowest BCUT2D eigenvalue weighted by atomic mass is 9.46. The number of hydrogen-bond acceptors (Lipinski definition) is 6. The van der Waals surface area contributed by atoms with Crippen LogP contribution < -0.4 is 15.4 Å². The van der Waals surface area contributed by atoms with Crippen molar-refractivity contribution in [2.45, 2.75) is 64.7 Å². The minimum Gasteiger partial charge on any atom is -0.497 e. The molecule has 2 fully saturated rings. The quantitative estimate of drug-likeness (QED) is 0.404. The monoisotopic (exact) mass is 524 g/mol. The Bertz CT molecular complexity index is 1110. The first-order valence-electron chi connectivity index (χ1n) is 13.4. The number of fused-ring (bicyclic) bond motifs is 1. The molecule has 8 heteroatoms. The predicted molar refractivity (Wildman–Crippen MR) is 145 cm³/mol. The largest absolute Gasteiger partial charge is 0.497 e. The van der Waals surface area contributed by atoms with E-state index in [1.165, 1.54) is 0 Å². The molecule has 206 valence electrons. The Hall–Kier alpha value is -3.10. The maximum absolute atomic E-state index is 12.9. The maximum atomic E-state index is 12.9. The molecule has 0 bridgehead atoms. The van der Waals surface area contributed by atoms with Gasteiger partial charge in [-0.25, -0.2) is 4.79 Å². The van der Waals surface area contributed by atoms with Gasteiger partial charge in [0.25, 0.3) is 0 Å². The molecule has 8 nitrogen and oxygen atoms in total. The molecule has 1 unspecified atom stereocenters. The number of carbonyl (C=O) groups excluding carboxylic acids is 2. The maximum Gasteiger partial charge on any atom is 0.411 e. The van der Waals surface area contributed by atoms with Gasteiger partial charge in [-0.1, -0.05) is 50.2 Å². The molecule has 0 spiro atoms. The van der Waals surface area contributed by atoms with E-state index in [1.807, 2.05) is 37.3 Å². The molecule has 4 rings (SSSR count). The summed E-state index contributed by atoms with van der Waals surface area (Å²) in [4.78, 5) is 25.8. The van der Waals surface area contributed by atoms with Gasteiger partial charge in [-0.2, -0.15) is 0 Å². The summed E-state index contributed by atoms with van der Waals surface area (Å²) in [5.74, 6) is 0.241. The van der Waals surface area contributed by atoms with Crippen molar-refractivity contribution in [2.24, 2.45) is 22.7 Å². The van der Waals surface area contributed by atoms with Crippen molar-refractivity contribution in [1.29, 1.82) is 0 Å². The summed E-state index contributed by atoms with van der Waals surface area (Å²) in [6.07, 6.45) is 0.963. The lowest BCUT2D eigenvalue weighted by Gasteiger charge is -2.60. The molecule has 2 aromatic rings. The van der Waals surface area contributed by atoms with Crippen LogP contribution in [0.2, 0.25) is 0 Å². The second kappa shape index (κ2) is 11.7. The smallest absolute Gasteiger partial charge is 0.411 e. The van der Waals surface area contributed by atoms with Crippen molar-refractivity contribution in [1.82, 2.24) is 5.32 Å². The molecule has 0 aliphatic heterocycles. The van der Waals surface area contributed by atoms with Gasteiger partial charge in [0.2, 0.25) is 5.91 Å². The zero-order valence-electron chi connectivity index (χ0n) is 22.5. The fourth-order valence-corrected chi connectivity index (χ4v) is 6.83. The summed E-state index contributed by atoms with van der Waals surface area (Å²) in [7, 11) is 1.56. The zero-order valence-corrected chi connectivity index (χ0v) is 22.5. The third-order valence-electron chi connectivity index (χ3n) is 8.98. The number of hydrogen-bond donors (Lipinski definition) is 4. The van der Waals surface area contributed by atoms with Crippen LogP contribution in [-0.4, -0.2) is 48.1 Å². The molecule has 4 N–H and O–H groups in total. The molecule has 2 aliphatic carbocycles. The van der Waals surface area contributed by atoms with E-state index in [0.717, 1.165) is 5.56 Å². The molecule has 0 saturated heterocycles. The van der Waals surface area contributed by atoms with E-state index < -0.39 is 23.7 Å². The Balaban J connectivity index is 1.45. The van der Waals surface area contributed by atoms with Crippen molar-refractivity contribution in [3.05, 3.63) is 60.2 Å². The molecule has 0 aromatic heterocycles. The Morgan fingerprint density at radius 2 is 1.82 bits per heavy atom. The normalized spacial score (nSPS) is 30.6. The van der Waals surface area contributed by atoms with Crippen molar-refractivity contribution < 1.29 is 29.3 Å². The Labute approximate surface area is 224 Å². The summed E-state index contributed by atoms with van der Waals surface area (Å²) < 4.78 is 11.1. The summed E-state index contributed by atoms with van der Waals surface area (Å²) >= 11 is 0. The summed E-state index contributed by atoms with van der Waals surface area (Å²) in [5, 5.41) is 27.4. The number of ether oxygens (including phenoxy) is 2. The molecule has 38 heavy (non-hydrogen) atoms. The van der Waals surface area contributed by atoms with Gasteiger partial charge >= 0.3 is 6.09 Å². The number of anilines is 1. The highest BCUT2D eigenvalue weighted by Gasteiger charge is 2.60. The van der Waals surface area contributed by atoms with E-state index in [-0.39, 0.29) is 36.2 Å². The van der Waals surface area contributed by atoms with Crippen LogP contribution in [0.4, 0.5) is 10.5 Å². The van der Waals surface area contributed by atoms with Crippen molar-refractivity contribution in [3.8, 4) is 5.75 Å². The number of methoxy groups -OCH3 is 1. The van der Waals surface area contributed by atoms with Crippen LogP contribution in [0.3, 0.4) is 0 Å². The van der Waals surface area contributed by atoms with Crippen molar-refractivity contribution >= 4 is 17.7 Å². The van der Waals surface area contributed by atoms with Gasteiger partial charge in [0.1, 0.15) is 11.9 Å². The molecular formula is C30H40N2O6. The van der Waals surface area contributed by atoms with Gasteiger partial charge in [0.05, 0.1) is 19.8 Å². The third kappa shape index (κ3) is 5.81. The molecule has 2 aromatic carbocycles. The number of benzene rings is 2. The minimum absolute atomic E-state index is 0.0290. The number of aliphatic hydroxyl groups excluding tert-OH is 2. The van der Waals surface area contributed by atoms with E-state index in [9.17, 15) is 19.8 Å². The third-order valence-corrected chi connectivity index (χ3v) is 8.98. The number of nitrogens with one attached hydrogen (secondary N) is 2. The first-order chi connectivity index (χ1) is 18.2. The predicted octanol–water partition coefficient (Wildman–Crippen LogP) is 4.50. The number of carbonyl (C=O) groups is 2. The van der Waals surface area contributed by atoms with E-state index in [4.69, 9.17) is 9.47 Å². The Kier molecular flexibility index (Phi) is 8.63.